The van der Waals surface area contributed by atoms with Crippen LogP contribution in [0.25, 0.3) is 5.69 Å². The summed E-state index contributed by atoms with van der Waals surface area (Å²) < 4.78 is 6.88. The van der Waals surface area contributed by atoms with Gasteiger partial charge in [-0.15, -0.1) is 0 Å². The predicted octanol–water partition coefficient (Wildman–Crippen LogP) is 4.15. The Morgan fingerprint density at radius 2 is 1.74 bits per heavy atom. The molecule has 0 aliphatic carbocycles. The molecular weight excluding hydrogens is 432 g/mol. The van der Waals surface area contributed by atoms with Gasteiger partial charge < -0.3 is 20.3 Å². The van der Waals surface area contributed by atoms with Gasteiger partial charge in [-0.3, -0.25) is 4.79 Å². The van der Waals surface area contributed by atoms with E-state index in [9.17, 15) is 9.59 Å². The van der Waals surface area contributed by atoms with Crippen molar-refractivity contribution in [1.29, 1.82) is 5.26 Å². The Balaban J connectivity index is 1.72. The fourth-order valence-electron chi connectivity index (χ4n) is 3.07. The number of aromatic nitrogens is 2. The van der Waals surface area contributed by atoms with E-state index in [1.807, 2.05) is 57.2 Å². The average molecular weight is 461 g/mol. The average Bonchev–Trinajstić information content (AvgIpc) is 3.23. The zero-order chi connectivity index (χ0) is 24.9. The van der Waals surface area contributed by atoms with Crippen molar-refractivity contribution in [2.45, 2.75) is 26.2 Å². The summed E-state index contributed by atoms with van der Waals surface area (Å²) in [5.41, 5.74) is 2.37. The predicted molar refractivity (Wildman–Crippen MR) is 130 cm³/mol. The van der Waals surface area contributed by atoms with Crippen molar-refractivity contribution in [3.8, 4) is 17.5 Å². The van der Waals surface area contributed by atoms with E-state index in [1.165, 1.54) is 11.9 Å². The van der Waals surface area contributed by atoms with E-state index in [4.69, 9.17) is 10.00 Å². The number of carbonyl (C=O) groups excluding carboxylic acids is 2. The largest absolute Gasteiger partial charge is 0.497 e. The highest BCUT2D eigenvalue weighted by Gasteiger charge is 2.22. The molecule has 1 aromatic heterocycles. The summed E-state index contributed by atoms with van der Waals surface area (Å²) in [7, 11) is 3.13. The molecule has 176 valence electrons. The molecule has 9 heteroatoms. The highest BCUT2D eigenvalue weighted by Crippen LogP contribution is 2.27. The van der Waals surface area contributed by atoms with Crippen molar-refractivity contribution in [3.63, 3.8) is 0 Å². The Morgan fingerprint density at radius 1 is 1.09 bits per heavy atom. The molecule has 3 amide bonds. The third kappa shape index (κ3) is 5.92. The van der Waals surface area contributed by atoms with Crippen molar-refractivity contribution in [2.24, 2.45) is 0 Å². The van der Waals surface area contributed by atoms with Gasteiger partial charge in [-0.1, -0.05) is 20.8 Å². The molecule has 0 aliphatic rings. The summed E-state index contributed by atoms with van der Waals surface area (Å²) in [6.07, 6.45) is 0. The number of methoxy groups -OCH3 is 1. The third-order valence-corrected chi connectivity index (χ3v) is 5.06. The van der Waals surface area contributed by atoms with Gasteiger partial charge in [0.05, 0.1) is 30.1 Å². The summed E-state index contributed by atoms with van der Waals surface area (Å²) in [5, 5.41) is 19.1. The fraction of sp³-hybridized carbons (Fsp3) is 0.280. The van der Waals surface area contributed by atoms with Crippen LogP contribution in [0.3, 0.4) is 0 Å². The van der Waals surface area contributed by atoms with Crippen LogP contribution in [0.1, 0.15) is 32.0 Å². The van der Waals surface area contributed by atoms with Crippen molar-refractivity contribution < 1.29 is 14.3 Å². The lowest BCUT2D eigenvalue weighted by Crippen LogP contribution is -2.37. The van der Waals surface area contributed by atoms with Gasteiger partial charge in [-0.25, -0.2) is 9.48 Å². The molecule has 34 heavy (non-hydrogen) atoms. The first-order chi connectivity index (χ1) is 16.1. The van der Waals surface area contributed by atoms with Gasteiger partial charge in [0.2, 0.25) is 5.91 Å². The van der Waals surface area contributed by atoms with Crippen molar-refractivity contribution in [2.75, 3.05) is 31.3 Å². The maximum absolute atomic E-state index is 12.8. The number of benzene rings is 2. The monoisotopic (exact) mass is 460 g/mol. The highest BCUT2D eigenvalue weighted by atomic mass is 16.5. The molecule has 0 saturated carbocycles. The maximum atomic E-state index is 12.8. The minimum Gasteiger partial charge on any atom is -0.497 e. The quantitative estimate of drug-likeness (QED) is 0.574. The number of amides is 3. The molecular formula is C25H28N6O3. The summed E-state index contributed by atoms with van der Waals surface area (Å²) in [5.74, 6) is 0.848. The lowest BCUT2D eigenvalue weighted by molar-refractivity contribution is -0.116. The topological polar surface area (TPSA) is 112 Å². The number of ether oxygens (including phenoxy) is 1. The molecule has 0 saturated heterocycles. The van der Waals surface area contributed by atoms with Crippen LogP contribution >= 0.6 is 0 Å². The number of nitrogens with one attached hydrogen (secondary N) is 2. The van der Waals surface area contributed by atoms with Crippen molar-refractivity contribution in [1.82, 2.24) is 14.7 Å². The van der Waals surface area contributed by atoms with E-state index in [-0.39, 0.29) is 17.9 Å². The third-order valence-electron chi connectivity index (χ3n) is 5.06. The van der Waals surface area contributed by atoms with Crippen LogP contribution in [0, 0.1) is 11.3 Å². The molecule has 2 N–H and O–H groups in total. The van der Waals surface area contributed by atoms with Gasteiger partial charge in [0.15, 0.2) is 0 Å². The molecule has 1 heterocycles. The van der Waals surface area contributed by atoms with Crippen LogP contribution in [0.2, 0.25) is 0 Å². The number of likely N-dealkylation sites (N-methyl/N-ethyl adjacent to an activating group) is 1. The van der Waals surface area contributed by atoms with E-state index in [2.05, 4.69) is 15.7 Å². The van der Waals surface area contributed by atoms with Gasteiger partial charge in [-0.2, -0.15) is 10.4 Å². The number of urea groups is 1. The van der Waals surface area contributed by atoms with E-state index < -0.39 is 6.03 Å². The van der Waals surface area contributed by atoms with E-state index in [0.29, 0.717) is 22.8 Å². The molecule has 0 atom stereocenters. The van der Waals surface area contributed by atoms with Gasteiger partial charge in [-0.05, 0) is 48.5 Å². The number of hydrogen-bond donors (Lipinski definition) is 2. The number of hydrogen-bond acceptors (Lipinski definition) is 5. The Bertz CT molecular complexity index is 1200. The van der Waals surface area contributed by atoms with Gasteiger partial charge in [0.1, 0.15) is 18.1 Å². The zero-order valence-corrected chi connectivity index (χ0v) is 19.9. The molecule has 0 fully saturated rings. The lowest BCUT2D eigenvalue weighted by atomic mass is 9.92. The standard InChI is InChI=1S/C25H28N6O3/c1-25(2,3)21-14-22(31(29-21)19-10-12-20(34-5)13-11-19)28-23(32)16-30(4)24(33)27-18-8-6-17(15-26)7-9-18/h6-14H,16H2,1-5H3,(H,27,33)(H,28,32). The Hall–Kier alpha value is -4.32. The summed E-state index contributed by atoms with van der Waals surface area (Å²) in [4.78, 5) is 26.5. The number of nitriles is 1. The minimum absolute atomic E-state index is 0.166. The molecule has 2 aromatic carbocycles. The first-order valence-corrected chi connectivity index (χ1v) is 10.7. The van der Waals surface area contributed by atoms with E-state index >= 15 is 0 Å². The highest BCUT2D eigenvalue weighted by molar-refractivity contribution is 5.96. The number of rotatable bonds is 6. The Kier molecular flexibility index (Phi) is 7.21. The van der Waals surface area contributed by atoms with Crippen LogP contribution in [-0.4, -0.2) is 47.3 Å². The molecule has 0 bridgehead atoms. The lowest BCUT2D eigenvalue weighted by Gasteiger charge is -2.18. The number of nitrogens with zero attached hydrogens (tertiary/aromatic N) is 4. The maximum Gasteiger partial charge on any atom is 0.322 e. The molecule has 9 nitrogen and oxygen atoms in total. The van der Waals surface area contributed by atoms with Gasteiger partial charge >= 0.3 is 6.03 Å². The number of carbonyl (C=O) groups is 2. The molecule has 0 unspecified atom stereocenters. The Morgan fingerprint density at radius 3 is 2.29 bits per heavy atom. The first kappa shape index (κ1) is 24.3. The summed E-state index contributed by atoms with van der Waals surface area (Å²) in [6.45, 7) is 5.96. The molecule has 3 rings (SSSR count). The van der Waals surface area contributed by atoms with Crippen molar-refractivity contribution in [3.05, 3.63) is 65.9 Å². The smallest absolute Gasteiger partial charge is 0.322 e. The van der Waals surface area contributed by atoms with Crippen LogP contribution in [0.15, 0.2) is 54.6 Å². The zero-order valence-electron chi connectivity index (χ0n) is 19.9. The first-order valence-electron chi connectivity index (χ1n) is 10.7. The molecule has 0 spiro atoms. The van der Waals surface area contributed by atoms with Crippen LogP contribution in [0.5, 0.6) is 5.75 Å². The normalized spacial score (nSPS) is 10.8. The van der Waals surface area contributed by atoms with Crippen LogP contribution in [0.4, 0.5) is 16.3 Å². The van der Waals surface area contributed by atoms with E-state index in [1.54, 1.807) is 36.1 Å². The second kappa shape index (κ2) is 10.1. The molecule has 0 aliphatic heterocycles. The van der Waals surface area contributed by atoms with Crippen LogP contribution in [-0.2, 0) is 10.2 Å². The second-order valence-corrected chi connectivity index (χ2v) is 8.80. The van der Waals surface area contributed by atoms with E-state index in [0.717, 1.165) is 11.4 Å². The van der Waals surface area contributed by atoms with Crippen molar-refractivity contribution >= 4 is 23.4 Å². The summed E-state index contributed by atoms with van der Waals surface area (Å²) in [6, 6.07) is 17.2. The number of anilines is 2. The summed E-state index contributed by atoms with van der Waals surface area (Å²) >= 11 is 0. The van der Waals surface area contributed by atoms with Gasteiger partial charge in [0.25, 0.3) is 0 Å². The fourth-order valence-corrected chi connectivity index (χ4v) is 3.07. The Labute approximate surface area is 198 Å². The second-order valence-electron chi connectivity index (χ2n) is 8.80. The van der Waals surface area contributed by atoms with Gasteiger partial charge in [0, 0.05) is 24.2 Å². The molecule has 3 aromatic rings. The van der Waals surface area contributed by atoms with Crippen LogP contribution < -0.4 is 15.4 Å². The minimum atomic E-state index is -0.445. The molecule has 0 radical (unpaired) electrons. The SMILES string of the molecule is COc1ccc(-n2nc(C(C)(C)C)cc2NC(=O)CN(C)C(=O)Nc2ccc(C#N)cc2)cc1.